The summed E-state index contributed by atoms with van der Waals surface area (Å²) < 4.78 is 5.53. The average Bonchev–Trinajstić information content (AvgIpc) is 2.88. The SMILES string of the molecule is CCOc1cccnc1NCC1(CO)CCCC1. The third-order valence-corrected chi connectivity index (χ3v) is 3.70. The number of ether oxygens (including phenoxy) is 1. The zero-order chi connectivity index (χ0) is 12.8. The first-order chi connectivity index (χ1) is 8.79. The minimum atomic E-state index is 0.0288. The lowest BCUT2D eigenvalue weighted by molar-refractivity contribution is 0.142. The fourth-order valence-corrected chi connectivity index (χ4v) is 2.58. The Morgan fingerprint density at radius 1 is 1.44 bits per heavy atom. The Balaban J connectivity index is 2.00. The fraction of sp³-hybridized carbons (Fsp3) is 0.643. The van der Waals surface area contributed by atoms with Crippen LogP contribution in [0.4, 0.5) is 5.82 Å². The van der Waals surface area contributed by atoms with Crippen LogP contribution >= 0.6 is 0 Å². The molecular weight excluding hydrogens is 228 g/mol. The molecule has 0 spiro atoms. The first-order valence-electron chi connectivity index (χ1n) is 6.72. The molecule has 2 rings (SSSR count). The second-order valence-corrected chi connectivity index (χ2v) is 5.00. The number of nitrogens with one attached hydrogen (secondary N) is 1. The minimum absolute atomic E-state index is 0.0288. The molecule has 100 valence electrons. The second kappa shape index (κ2) is 6.05. The number of anilines is 1. The van der Waals surface area contributed by atoms with Gasteiger partial charge in [-0.05, 0) is 31.9 Å². The number of aromatic nitrogens is 1. The van der Waals surface area contributed by atoms with Crippen LogP contribution in [0.3, 0.4) is 0 Å². The maximum atomic E-state index is 9.58. The van der Waals surface area contributed by atoms with Gasteiger partial charge < -0.3 is 15.2 Å². The van der Waals surface area contributed by atoms with Gasteiger partial charge in [0.05, 0.1) is 13.2 Å². The van der Waals surface area contributed by atoms with E-state index in [2.05, 4.69) is 10.3 Å². The van der Waals surface area contributed by atoms with E-state index < -0.39 is 0 Å². The molecule has 1 heterocycles. The molecule has 2 N–H and O–H groups in total. The Morgan fingerprint density at radius 2 is 2.22 bits per heavy atom. The summed E-state index contributed by atoms with van der Waals surface area (Å²) in [5.74, 6) is 1.56. The summed E-state index contributed by atoms with van der Waals surface area (Å²) >= 11 is 0. The molecule has 4 nitrogen and oxygen atoms in total. The first-order valence-corrected chi connectivity index (χ1v) is 6.72. The highest BCUT2D eigenvalue weighted by atomic mass is 16.5. The number of hydrogen-bond donors (Lipinski definition) is 2. The van der Waals surface area contributed by atoms with E-state index in [1.165, 1.54) is 12.8 Å². The molecule has 0 aliphatic heterocycles. The molecule has 0 atom stereocenters. The molecule has 1 aliphatic rings. The van der Waals surface area contributed by atoms with Crippen molar-refractivity contribution in [3.8, 4) is 5.75 Å². The maximum absolute atomic E-state index is 9.58. The average molecular weight is 250 g/mol. The summed E-state index contributed by atoms with van der Waals surface area (Å²) in [5.41, 5.74) is 0.0288. The summed E-state index contributed by atoms with van der Waals surface area (Å²) in [6.45, 7) is 3.60. The molecule has 4 heteroatoms. The summed E-state index contributed by atoms with van der Waals surface area (Å²) in [5, 5.41) is 12.9. The van der Waals surface area contributed by atoms with Crippen molar-refractivity contribution in [3.63, 3.8) is 0 Å². The van der Waals surface area contributed by atoms with Gasteiger partial charge in [-0.25, -0.2) is 4.98 Å². The highest BCUT2D eigenvalue weighted by Crippen LogP contribution is 2.38. The summed E-state index contributed by atoms with van der Waals surface area (Å²) in [7, 11) is 0. The van der Waals surface area contributed by atoms with Crippen molar-refractivity contribution in [2.75, 3.05) is 25.1 Å². The topological polar surface area (TPSA) is 54.4 Å². The Kier molecular flexibility index (Phi) is 4.42. The van der Waals surface area contributed by atoms with Gasteiger partial charge in [0.1, 0.15) is 0 Å². The highest BCUT2D eigenvalue weighted by Gasteiger charge is 2.33. The quantitative estimate of drug-likeness (QED) is 0.814. The van der Waals surface area contributed by atoms with Gasteiger partial charge >= 0.3 is 0 Å². The van der Waals surface area contributed by atoms with Gasteiger partial charge in [-0.3, -0.25) is 0 Å². The van der Waals surface area contributed by atoms with E-state index in [-0.39, 0.29) is 12.0 Å². The molecule has 1 fully saturated rings. The van der Waals surface area contributed by atoms with Crippen molar-refractivity contribution < 1.29 is 9.84 Å². The number of aliphatic hydroxyl groups is 1. The third-order valence-electron chi connectivity index (χ3n) is 3.70. The van der Waals surface area contributed by atoms with Gasteiger partial charge in [-0.15, -0.1) is 0 Å². The van der Waals surface area contributed by atoms with E-state index in [4.69, 9.17) is 4.74 Å². The molecule has 0 amide bonds. The predicted octanol–water partition coefficient (Wildman–Crippen LogP) is 2.44. The van der Waals surface area contributed by atoms with Crippen molar-refractivity contribution in [2.45, 2.75) is 32.6 Å². The molecule has 0 saturated heterocycles. The van der Waals surface area contributed by atoms with Gasteiger partial charge in [0.15, 0.2) is 11.6 Å². The third kappa shape index (κ3) is 2.93. The Bertz CT molecular complexity index is 376. The largest absolute Gasteiger partial charge is 0.490 e. The second-order valence-electron chi connectivity index (χ2n) is 5.00. The maximum Gasteiger partial charge on any atom is 0.168 e. The zero-order valence-electron chi connectivity index (χ0n) is 11.0. The minimum Gasteiger partial charge on any atom is -0.490 e. The van der Waals surface area contributed by atoms with E-state index in [0.29, 0.717) is 6.61 Å². The van der Waals surface area contributed by atoms with E-state index in [1.807, 2.05) is 19.1 Å². The molecular formula is C14H22N2O2. The number of hydrogen-bond acceptors (Lipinski definition) is 4. The number of nitrogens with zero attached hydrogens (tertiary/aromatic N) is 1. The van der Waals surface area contributed by atoms with E-state index in [0.717, 1.165) is 31.0 Å². The fourth-order valence-electron chi connectivity index (χ4n) is 2.58. The highest BCUT2D eigenvalue weighted by molar-refractivity contribution is 5.49. The molecule has 1 aliphatic carbocycles. The van der Waals surface area contributed by atoms with Gasteiger partial charge in [0, 0.05) is 18.2 Å². The monoisotopic (exact) mass is 250 g/mol. The Morgan fingerprint density at radius 3 is 2.89 bits per heavy atom. The standard InChI is InChI=1S/C14H22N2O2/c1-2-18-12-6-5-9-15-13(12)16-10-14(11-17)7-3-4-8-14/h5-6,9,17H,2-4,7-8,10-11H2,1H3,(H,15,16). The molecule has 0 radical (unpaired) electrons. The first kappa shape index (κ1) is 13.1. The lowest BCUT2D eigenvalue weighted by Crippen LogP contribution is -2.30. The molecule has 1 saturated carbocycles. The van der Waals surface area contributed by atoms with Crippen LogP contribution in [0.25, 0.3) is 0 Å². The normalized spacial score (nSPS) is 17.7. The van der Waals surface area contributed by atoms with Crippen LogP contribution in [-0.4, -0.2) is 29.8 Å². The summed E-state index contributed by atoms with van der Waals surface area (Å²) in [4.78, 5) is 4.31. The van der Waals surface area contributed by atoms with E-state index in [9.17, 15) is 5.11 Å². The van der Waals surface area contributed by atoms with Crippen molar-refractivity contribution in [3.05, 3.63) is 18.3 Å². The number of rotatable bonds is 6. The van der Waals surface area contributed by atoms with Crippen LogP contribution in [0.15, 0.2) is 18.3 Å². The predicted molar refractivity (Wildman–Crippen MR) is 71.9 cm³/mol. The lowest BCUT2D eigenvalue weighted by atomic mass is 9.87. The van der Waals surface area contributed by atoms with Crippen molar-refractivity contribution in [2.24, 2.45) is 5.41 Å². The Hall–Kier alpha value is -1.29. The van der Waals surface area contributed by atoms with Crippen LogP contribution in [-0.2, 0) is 0 Å². The molecule has 1 aromatic rings. The number of aliphatic hydroxyl groups excluding tert-OH is 1. The van der Waals surface area contributed by atoms with E-state index >= 15 is 0 Å². The zero-order valence-corrected chi connectivity index (χ0v) is 11.0. The van der Waals surface area contributed by atoms with Crippen LogP contribution in [0.5, 0.6) is 5.75 Å². The molecule has 0 bridgehead atoms. The van der Waals surface area contributed by atoms with Gasteiger partial charge in [0.25, 0.3) is 0 Å². The molecule has 1 aromatic heterocycles. The molecule has 0 aromatic carbocycles. The van der Waals surface area contributed by atoms with Crippen LogP contribution in [0.1, 0.15) is 32.6 Å². The van der Waals surface area contributed by atoms with Crippen molar-refractivity contribution >= 4 is 5.82 Å². The van der Waals surface area contributed by atoms with Gasteiger partial charge in [-0.2, -0.15) is 0 Å². The summed E-state index contributed by atoms with van der Waals surface area (Å²) in [6, 6.07) is 3.78. The van der Waals surface area contributed by atoms with Gasteiger partial charge in [0.2, 0.25) is 0 Å². The lowest BCUT2D eigenvalue weighted by Gasteiger charge is -2.27. The number of pyridine rings is 1. The van der Waals surface area contributed by atoms with Crippen molar-refractivity contribution in [1.29, 1.82) is 0 Å². The molecule has 0 unspecified atom stereocenters. The Labute approximate surface area is 108 Å². The molecule has 18 heavy (non-hydrogen) atoms. The smallest absolute Gasteiger partial charge is 0.168 e. The van der Waals surface area contributed by atoms with Crippen molar-refractivity contribution in [1.82, 2.24) is 4.98 Å². The van der Waals surface area contributed by atoms with Crippen LogP contribution < -0.4 is 10.1 Å². The van der Waals surface area contributed by atoms with Gasteiger partial charge in [-0.1, -0.05) is 12.8 Å². The van der Waals surface area contributed by atoms with Crippen LogP contribution in [0.2, 0.25) is 0 Å². The van der Waals surface area contributed by atoms with Crippen LogP contribution in [0, 0.1) is 5.41 Å². The van der Waals surface area contributed by atoms with E-state index in [1.54, 1.807) is 6.20 Å². The summed E-state index contributed by atoms with van der Waals surface area (Å²) in [6.07, 6.45) is 6.36.